The third kappa shape index (κ3) is 7.54. The van der Waals surface area contributed by atoms with Crippen LogP contribution in [0.15, 0.2) is 33.5 Å². The molecule has 310 valence electrons. The Hall–Kier alpha value is -4.07. The summed E-state index contributed by atoms with van der Waals surface area (Å²) in [5.74, 6) is -3.52. The summed E-state index contributed by atoms with van der Waals surface area (Å²) in [6.07, 6.45) is -25.2. The highest BCUT2D eigenvalue weighted by Gasteiger charge is 2.52. The summed E-state index contributed by atoms with van der Waals surface area (Å²) in [4.78, 5) is 14.4. The molecule has 21 nitrogen and oxygen atoms in total. The fraction of sp³-hybridized carbons (Fsp3) is 0.571. The van der Waals surface area contributed by atoms with E-state index in [2.05, 4.69) is 0 Å². The second-order valence-corrected chi connectivity index (χ2v) is 13.6. The molecule has 15 unspecified atom stereocenters. The van der Waals surface area contributed by atoms with Gasteiger partial charge in [-0.25, -0.2) is 0 Å². The Morgan fingerprint density at radius 3 is 1.91 bits per heavy atom. The van der Waals surface area contributed by atoms with E-state index in [4.69, 9.17) is 42.3 Å². The predicted molar refractivity (Wildman–Crippen MR) is 183 cm³/mol. The number of methoxy groups -OCH3 is 2. The van der Waals surface area contributed by atoms with Crippen LogP contribution in [0.2, 0.25) is 0 Å². The molecule has 3 saturated heterocycles. The minimum absolute atomic E-state index is 0.0208. The molecular weight excluding hydrogens is 756 g/mol. The fourth-order valence-corrected chi connectivity index (χ4v) is 6.62. The molecule has 15 atom stereocenters. The minimum Gasteiger partial charge on any atom is -0.504 e. The van der Waals surface area contributed by atoms with Gasteiger partial charge in [0.05, 0.1) is 33.0 Å². The van der Waals surface area contributed by atoms with E-state index in [9.17, 15) is 61.0 Å². The normalized spacial score (nSPS) is 36.3. The molecule has 3 aliphatic rings. The van der Waals surface area contributed by atoms with Crippen molar-refractivity contribution in [3.8, 4) is 45.8 Å². The van der Waals surface area contributed by atoms with Crippen molar-refractivity contribution in [3.63, 3.8) is 0 Å². The number of fused-ring (bicyclic) bond motifs is 1. The zero-order valence-electron chi connectivity index (χ0n) is 30.2. The molecule has 21 heteroatoms. The van der Waals surface area contributed by atoms with Crippen LogP contribution in [0.3, 0.4) is 0 Å². The van der Waals surface area contributed by atoms with E-state index in [-0.39, 0.29) is 22.6 Å². The molecule has 0 saturated carbocycles. The zero-order valence-corrected chi connectivity index (χ0v) is 30.2. The van der Waals surface area contributed by atoms with Crippen LogP contribution in [0.5, 0.6) is 34.5 Å². The van der Waals surface area contributed by atoms with Crippen LogP contribution in [0, 0.1) is 0 Å². The van der Waals surface area contributed by atoms with E-state index in [1.165, 1.54) is 39.2 Å². The number of ether oxygens (including phenoxy) is 8. The molecule has 3 fully saturated rings. The molecule has 2 aromatic carbocycles. The maximum Gasteiger partial charge on any atom is 0.239 e. The number of rotatable bonds is 10. The number of aromatic hydroxyl groups is 3. The molecule has 56 heavy (non-hydrogen) atoms. The Kier molecular flexibility index (Phi) is 12.2. The standard InChI is InChI=1S/C35H44O21/c1-10-19(38)24(43)27(46)33(51-10)50-9-17-21(40)26(45)32(56-34-28(47)25(44)20(39)11(2)52-34)35(54-17)55-31-23(42)18-16(8-14(37)30(49-4)22(18)41)53-29(31)12-5-6-13(36)15(7-12)48-3/h5-8,10-11,17,19-21,24-28,32-41,43-47H,9H2,1-4H3. The quantitative estimate of drug-likeness (QED) is 0.101. The molecule has 0 bridgehead atoms. The van der Waals surface area contributed by atoms with Crippen LogP contribution >= 0.6 is 0 Å². The van der Waals surface area contributed by atoms with Gasteiger partial charge in [-0.3, -0.25) is 4.79 Å². The summed E-state index contributed by atoms with van der Waals surface area (Å²) < 4.78 is 50.8. The van der Waals surface area contributed by atoms with Crippen molar-refractivity contribution in [2.45, 2.75) is 106 Å². The second-order valence-electron chi connectivity index (χ2n) is 13.6. The third-order valence-electron chi connectivity index (χ3n) is 9.91. The Morgan fingerprint density at radius 1 is 0.661 bits per heavy atom. The van der Waals surface area contributed by atoms with Crippen LogP contribution in [0.4, 0.5) is 0 Å². The maximum absolute atomic E-state index is 14.4. The van der Waals surface area contributed by atoms with Crippen LogP contribution < -0.4 is 19.6 Å². The Balaban J connectivity index is 1.44. The van der Waals surface area contributed by atoms with Gasteiger partial charge in [0.1, 0.15) is 65.9 Å². The lowest BCUT2D eigenvalue weighted by atomic mass is 9.97. The van der Waals surface area contributed by atoms with Gasteiger partial charge in [0.2, 0.25) is 23.2 Å². The average Bonchev–Trinajstić information content (AvgIpc) is 3.17. The number of aliphatic hydroxyl groups excluding tert-OH is 8. The van der Waals surface area contributed by atoms with E-state index < -0.39 is 138 Å². The second kappa shape index (κ2) is 16.4. The number of aliphatic hydroxyl groups is 8. The third-order valence-corrected chi connectivity index (χ3v) is 9.91. The highest BCUT2D eigenvalue weighted by molar-refractivity contribution is 5.91. The van der Waals surface area contributed by atoms with E-state index >= 15 is 0 Å². The minimum atomic E-state index is -2.05. The molecule has 0 amide bonds. The van der Waals surface area contributed by atoms with Crippen molar-refractivity contribution in [3.05, 3.63) is 34.5 Å². The van der Waals surface area contributed by atoms with Crippen molar-refractivity contribution in [1.82, 2.24) is 0 Å². The maximum atomic E-state index is 14.4. The lowest BCUT2D eigenvalue weighted by Gasteiger charge is -2.46. The first-order valence-electron chi connectivity index (χ1n) is 17.3. The molecule has 0 radical (unpaired) electrons. The van der Waals surface area contributed by atoms with Crippen LogP contribution in [-0.4, -0.2) is 169 Å². The van der Waals surface area contributed by atoms with Gasteiger partial charge in [-0.15, -0.1) is 0 Å². The molecule has 3 aliphatic heterocycles. The summed E-state index contributed by atoms with van der Waals surface area (Å²) in [6.45, 7) is 2.06. The first kappa shape index (κ1) is 41.6. The number of phenolic OH excluding ortho intramolecular Hbond substituents is 3. The first-order chi connectivity index (χ1) is 26.5. The van der Waals surface area contributed by atoms with Crippen molar-refractivity contribution in [1.29, 1.82) is 0 Å². The molecule has 11 N–H and O–H groups in total. The van der Waals surface area contributed by atoms with Gasteiger partial charge in [0, 0.05) is 11.6 Å². The Morgan fingerprint density at radius 2 is 1.29 bits per heavy atom. The van der Waals surface area contributed by atoms with Crippen molar-refractivity contribution in [2.24, 2.45) is 0 Å². The van der Waals surface area contributed by atoms with Crippen molar-refractivity contribution < 1.29 is 98.5 Å². The van der Waals surface area contributed by atoms with Crippen LogP contribution in [0.1, 0.15) is 13.8 Å². The number of benzene rings is 2. The van der Waals surface area contributed by atoms with E-state index in [0.29, 0.717) is 0 Å². The number of phenols is 3. The van der Waals surface area contributed by atoms with Crippen LogP contribution in [-0.2, 0) is 23.7 Å². The molecule has 4 heterocycles. The molecule has 3 aromatic rings. The summed E-state index contributed by atoms with van der Waals surface area (Å²) in [6, 6.07) is 4.73. The Bertz CT molecular complexity index is 1920. The number of hydrogen-bond donors (Lipinski definition) is 11. The van der Waals surface area contributed by atoms with Crippen LogP contribution in [0.25, 0.3) is 22.3 Å². The topological polar surface area (TPSA) is 327 Å². The lowest BCUT2D eigenvalue weighted by molar-refractivity contribution is -0.360. The smallest absolute Gasteiger partial charge is 0.239 e. The van der Waals surface area contributed by atoms with E-state index in [1.54, 1.807) is 0 Å². The fourth-order valence-electron chi connectivity index (χ4n) is 6.62. The van der Waals surface area contributed by atoms with Crippen molar-refractivity contribution >= 4 is 11.0 Å². The van der Waals surface area contributed by atoms with Gasteiger partial charge in [-0.1, -0.05) is 0 Å². The zero-order chi connectivity index (χ0) is 40.9. The van der Waals surface area contributed by atoms with Gasteiger partial charge in [0.15, 0.2) is 47.4 Å². The molecule has 0 spiro atoms. The lowest BCUT2D eigenvalue weighted by Crippen LogP contribution is -2.65. The molecule has 1 aromatic heterocycles. The highest BCUT2D eigenvalue weighted by atomic mass is 16.8. The molecular formula is C35H44O21. The van der Waals surface area contributed by atoms with Crippen molar-refractivity contribution in [2.75, 3.05) is 20.8 Å². The first-order valence-corrected chi connectivity index (χ1v) is 17.3. The molecule has 6 rings (SSSR count). The monoisotopic (exact) mass is 800 g/mol. The summed E-state index contributed by atoms with van der Waals surface area (Å²) in [5.41, 5.74) is -1.46. The highest BCUT2D eigenvalue weighted by Crippen LogP contribution is 2.45. The van der Waals surface area contributed by atoms with Gasteiger partial charge >= 0.3 is 0 Å². The average molecular weight is 801 g/mol. The van der Waals surface area contributed by atoms with E-state index in [0.717, 1.165) is 13.2 Å². The van der Waals surface area contributed by atoms with E-state index in [1.807, 2.05) is 0 Å². The van der Waals surface area contributed by atoms with Gasteiger partial charge in [-0.2, -0.15) is 0 Å². The SMILES string of the molecule is COc1cc(-c2oc3cc(O)c(OC)c(O)c3c(=O)c2OC2OC(COC3OC(C)C(O)C(O)C3O)C(O)C(O)C2OC2OC(C)C(O)C(O)C2O)ccc1O. The summed E-state index contributed by atoms with van der Waals surface area (Å²) in [5, 5.41) is 116. The summed E-state index contributed by atoms with van der Waals surface area (Å²) >= 11 is 0. The van der Waals surface area contributed by atoms with Gasteiger partial charge < -0.3 is 98.5 Å². The van der Waals surface area contributed by atoms with Gasteiger partial charge in [0.25, 0.3) is 0 Å². The molecule has 0 aliphatic carbocycles. The predicted octanol–water partition coefficient (Wildman–Crippen LogP) is -2.52. The summed E-state index contributed by atoms with van der Waals surface area (Å²) in [7, 11) is 2.37. The largest absolute Gasteiger partial charge is 0.504 e. The number of hydrogen-bond acceptors (Lipinski definition) is 21. The Labute approximate surface area is 316 Å². The van der Waals surface area contributed by atoms with Gasteiger partial charge in [-0.05, 0) is 32.0 Å².